The summed E-state index contributed by atoms with van der Waals surface area (Å²) in [6, 6.07) is 4.11. The minimum absolute atomic E-state index is 0.125. The molecular weight excluding hydrogens is 438 g/mol. The predicted octanol–water partition coefficient (Wildman–Crippen LogP) is 1.44. The van der Waals surface area contributed by atoms with Gasteiger partial charge in [-0.2, -0.15) is 0 Å². The molecule has 1 fully saturated rings. The molecule has 0 spiro atoms. The van der Waals surface area contributed by atoms with E-state index in [-0.39, 0.29) is 17.9 Å². The van der Waals surface area contributed by atoms with Crippen LogP contribution in [0, 0.1) is 5.82 Å². The van der Waals surface area contributed by atoms with E-state index in [2.05, 4.69) is 9.68 Å². The van der Waals surface area contributed by atoms with Gasteiger partial charge in [-0.1, -0.05) is 5.16 Å². The summed E-state index contributed by atoms with van der Waals surface area (Å²) in [6.07, 6.45) is -0.496. The Bertz CT molecular complexity index is 973. The first-order valence-corrected chi connectivity index (χ1v) is 10.6. The number of cyclic esters (lactones) is 1. The lowest BCUT2D eigenvalue weighted by Gasteiger charge is -2.26. The van der Waals surface area contributed by atoms with Crippen molar-refractivity contribution in [1.82, 2.24) is 4.67 Å². The van der Waals surface area contributed by atoms with Gasteiger partial charge in [0.25, 0.3) is 0 Å². The second kappa shape index (κ2) is 8.90. The van der Waals surface area contributed by atoms with E-state index in [1.54, 1.807) is 4.90 Å². The van der Waals surface area contributed by atoms with Gasteiger partial charge in [0.15, 0.2) is 0 Å². The second-order valence-electron chi connectivity index (χ2n) is 6.67. The molecular formula is C17H20FN4O8P. The van der Waals surface area contributed by atoms with Crippen molar-refractivity contribution in [3.8, 4) is 0 Å². The highest BCUT2D eigenvalue weighted by Crippen LogP contribution is 2.47. The van der Waals surface area contributed by atoms with Crippen molar-refractivity contribution in [2.75, 3.05) is 36.0 Å². The zero-order valence-corrected chi connectivity index (χ0v) is 17.5. The molecule has 2 aliphatic heterocycles. The van der Waals surface area contributed by atoms with Crippen LogP contribution in [0.5, 0.6) is 0 Å². The Morgan fingerprint density at radius 1 is 1.42 bits per heavy atom. The summed E-state index contributed by atoms with van der Waals surface area (Å²) in [5.74, 6) is -2.52. The third kappa shape index (κ3) is 5.12. The van der Waals surface area contributed by atoms with E-state index in [9.17, 15) is 28.2 Å². The van der Waals surface area contributed by atoms with Gasteiger partial charge >= 0.3 is 19.8 Å². The van der Waals surface area contributed by atoms with E-state index in [0.29, 0.717) is 17.8 Å². The molecule has 12 nitrogen and oxygen atoms in total. The standard InChI is InChI=1S/C17H20FN4O8P/c1-11(23)22(31(26,27)30-12(2)24)9-14-8-21(17(25)29-14)13-3-4-16(15(18)7-13)20-5-6-28-19-10-20/h3-4,7,10,14H,5-6,8-9H2,1-2H3,(H,26,27). The minimum atomic E-state index is -4.77. The van der Waals surface area contributed by atoms with Gasteiger partial charge in [-0.15, -0.1) is 0 Å². The monoisotopic (exact) mass is 458 g/mol. The summed E-state index contributed by atoms with van der Waals surface area (Å²) in [5.41, 5.74) is 0.436. The summed E-state index contributed by atoms with van der Waals surface area (Å²) >= 11 is 0. The minimum Gasteiger partial charge on any atom is -0.442 e. The van der Waals surface area contributed by atoms with Gasteiger partial charge in [-0.05, 0) is 18.2 Å². The summed E-state index contributed by atoms with van der Waals surface area (Å²) < 4.78 is 36.7. The van der Waals surface area contributed by atoms with E-state index in [1.165, 1.54) is 18.5 Å². The SMILES string of the molecule is CC(=O)OP(=O)(O)N(CC1CN(c2ccc(N3C=NOCC3)c(F)c2)C(=O)O1)C(C)=O. The van der Waals surface area contributed by atoms with E-state index in [1.807, 2.05) is 0 Å². The zero-order chi connectivity index (χ0) is 22.8. The first-order chi connectivity index (χ1) is 14.6. The van der Waals surface area contributed by atoms with Crippen LogP contribution in [0.2, 0.25) is 0 Å². The molecule has 2 atom stereocenters. The molecule has 0 aromatic heterocycles. The number of amides is 2. The number of anilines is 2. The molecule has 1 saturated heterocycles. The van der Waals surface area contributed by atoms with Crippen LogP contribution < -0.4 is 9.80 Å². The van der Waals surface area contributed by atoms with Gasteiger partial charge in [-0.3, -0.25) is 19.4 Å². The van der Waals surface area contributed by atoms with Crippen LogP contribution in [-0.2, 0) is 28.3 Å². The fourth-order valence-corrected chi connectivity index (χ4v) is 4.24. The number of rotatable bonds is 6. The Morgan fingerprint density at radius 3 is 2.74 bits per heavy atom. The Labute approximate surface area is 176 Å². The Kier molecular flexibility index (Phi) is 6.46. The molecule has 0 aliphatic carbocycles. The van der Waals surface area contributed by atoms with Gasteiger partial charge < -0.3 is 19.0 Å². The third-order valence-corrected chi connectivity index (χ3v) is 5.95. The molecule has 2 heterocycles. The van der Waals surface area contributed by atoms with Gasteiger partial charge in [-0.25, -0.2) is 18.4 Å². The molecule has 1 aromatic carbocycles. The first-order valence-electron chi connectivity index (χ1n) is 9.10. The van der Waals surface area contributed by atoms with E-state index >= 15 is 0 Å². The summed E-state index contributed by atoms with van der Waals surface area (Å²) in [6.45, 7) is 2.00. The molecule has 1 N–H and O–H groups in total. The number of carbonyl (C=O) groups is 3. The number of halogens is 1. The molecule has 0 bridgehead atoms. The lowest BCUT2D eigenvalue weighted by molar-refractivity contribution is -0.134. The van der Waals surface area contributed by atoms with Crippen molar-refractivity contribution in [2.24, 2.45) is 5.16 Å². The van der Waals surface area contributed by atoms with Gasteiger partial charge in [0.2, 0.25) is 5.91 Å². The number of hydrogen-bond acceptors (Lipinski definition) is 9. The van der Waals surface area contributed by atoms with Gasteiger partial charge in [0.1, 0.15) is 24.9 Å². The molecule has 31 heavy (non-hydrogen) atoms. The lowest BCUT2D eigenvalue weighted by atomic mass is 10.2. The van der Waals surface area contributed by atoms with Crippen molar-refractivity contribution in [3.63, 3.8) is 0 Å². The highest BCUT2D eigenvalue weighted by Gasteiger charge is 2.41. The molecule has 14 heteroatoms. The predicted molar refractivity (Wildman–Crippen MR) is 105 cm³/mol. The molecule has 3 rings (SSSR count). The highest BCUT2D eigenvalue weighted by atomic mass is 31.2. The van der Waals surface area contributed by atoms with Crippen molar-refractivity contribution in [3.05, 3.63) is 24.0 Å². The normalized spacial score (nSPS) is 20.0. The van der Waals surface area contributed by atoms with Gasteiger partial charge in [0, 0.05) is 13.8 Å². The summed E-state index contributed by atoms with van der Waals surface area (Å²) in [5, 5.41) is 3.62. The number of nitrogens with zero attached hydrogens (tertiary/aromatic N) is 4. The fraction of sp³-hybridized carbons (Fsp3) is 0.412. The lowest BCUT2D eigenvalue weighted by Crippen LogP contribution is -2.36. The van der Waals surface area contributed by atoms with Crippen molar-refractivity contribution in [1.29, 1.82) is 0 Å². The highest BCUT2D eigenvalue weighted by molar-refractivity contribution is 7.51. The molecule has 2 amide bonds. The molecule has 0 saturated carbocycles. The Hall–Kier alpha value is -3.18. The van der Waals surface area contributed by atoms with E-state index in [0.717, 1.165) is 24.8 Å². The maximum atomic E-state index is 14.6. The summed E-state index contributed by atoms with van der Waals surface area (Å²) in [4.78, 5) is 52.5. The quantitative estimate of drug-likeness (QED) is 0.628. The average Bonchev–Trinajstić information content (AvgIpc) is 3.05. The molecule has 0 radical (unpaired) electrons. The molecule has 2 aliphatic rings. The zero-order valence-electron chi connectivity index (χ0n) is 16.6. The van der Waals surface area contributed by atoms with E-state index in [4.69, 9.17) is 9.57 Å². The van der Waals surface area contributed by atoms with Crippen LogP contribution in [0.15, 0.2) is 23.4 Å². The Balaban J connectivity index is 1.73. The maximum absolute atomic E-state index is 14.6. The number of oxime groups is 1. The average molecular weight is 458 g/mol. The Morgan fingerprint density at radius 2 is 2.16 bits per heavy atom. The molecule has 2 unspecified atom stereocenters. The van der Waals surface area contributed by atoms with Crippen LogP contribution >= 0.6 is 7.75 Å². The second-order valence-corrected chi connectivity index (χ2v) is 8.32. The van der Waals surface area contributed by atoms with Crippen molar-refractivity contribution in [2.45, 2.75) is 20.0 Å². The van der Waals surface area contributed by atoms with Crippen LogP contribution in [0.1, 0.15) is 13.8 Å². The molecule has 1 aromatic rings. The third-order valence-electron chi connectivity index (χ3n) is 4.40. The molecule has 168 valence electrons. The van der Waals surface area contributed by atoms with Crippen molar-refractivity contribution >= 4 is 43.4 Å². The number of hydrogen-bond donors (Lipinski definition) is 1. The van der Waals surface area contributed by atoms with Crippen LogP contribution in [0.25, 0.3) is 0 Å². The topological polar surface area (TPSA) is 138 Å². The van der Waals surface area contributed by atoms with E-state index < -0.39 is 44.2 Å². The largest absolute Gasteiger partial charge is 0.490 e. The summed E-state index contributed by atoms with van der Waals surface area (Å²) in [7, 11) is -4.77. The van der Waals surface area contributed by atoms with Crippen LogP contribution in [-0.4, -0.2) is 66.2 Å². The fourth-order valence-electron chi connectivity index (χ4n) is 3.07. The number of carbonyl (C=O) groups excluding carboxylic acids is 3. The number of ether oxygens (including phenoxy) is 1. The van der Waals surface area contributed by atoms with Gasteiger partial charge in [0.05, 0.1) is 31.0 Å². The maximum Gasteiger partial charge on any atom is 0.490 e. The van der Waals surface area contributed by atoms with Crippen molar-refractivity contribution < 1.29 is 42.3 Å². The smallest absolute Gasteiger partial charge is 0.442 e. The van der Waals surface area contributed by atoms with Crippen LogP contribution in [0.4, 0.5) is 20.6 Å². The van der Waals surface area contributed by atoms with Crippen LogP contribution in [0.3, 0.4) is 0 Å². The first kappa shape index (κ1) is 22.5. The number of benzene rings is 1.